The maximum absolute atomic E-state index is 12.1. The Bertz CT molecular complexity index is 681. The first-order valence-corrected chi connectivity index (χ1v) is 6.68. The number of carbonyl (C=O) groups excluding carboxylic acids is 1. The Balaban J connectivity index is 2.03. The standard InChI is InChI=1S/C14H9Cl2N3O/c15-9-4-3-5-10(16)14(9)19-13(20)8-12(18-19)11-6-1-2-7-17-11/h1-7H,8H2. The summed E-state index contributed by atoms with van der Waals surface area (Å²) < 4.78 is 0. The van der Waals surface area contributed by atoms with Crippen molar-refractivity contribution in [2.24, 2.45) is 5.10 Å². The van der Waals surface area contributed by atoms with Crippen molar-refractivity contribution >= 4 is 40.5 Å². The van der Waals surface area contributed by atoms with Crippen molar-refractivity contribution in [3.8, 4) is 0 Å². The largest absolute Gasteiger partial charge is 0.272 e. The van der Waals surface area contributed by atoms with Gasteiger partial charge in [-0.1, -0.05) is 35.3 Å². The molecule has 0 radical (unpaired) electrons. The Morgan fingerprint density at radius 2 is 1.80 bits per heavy atom. The van der Waals surface area contributed by atoms with Crippen LogP contribution in [0.3, 0.4) is 0 Å². The number of anilines is 1. The fourth-order valence-corrected chi connectivity index (χ4v) is 2.53. The lowest BCUT2D eigenvalue weighted by atomic mass is 10.2. The van der Waals surface area contributed by atoms with Gasteiger partial charge in [0, 0.05) is 6.20 Å². The summed E-state index contributed by atoms with van der Waals surface area (Å²) >= 11 is 12.2. The number of hydrogen-bond acceptors (Lipinski definition) is 3. The van der Waals surface area contributed by atoms with Crippen molar-refractivity contribution in [2.75, 3.05) is 5.01 Å². The highest BCUT2D eigenvalue weighted by atomic mass is 35.5. The zero-order chi connectivity index (χ0) is 14.1. The number of rotatable bonds is 2. The second-order valence-corrected chi connectivity index (χ2v) is 5.03. The van der Waals surface area contributed by atoms with Crippen molar-refractivity contribution in [1.82, 2.24) is 4.98 Å². The molecule has 1 aliphatic rings. The van der Waals surface area contributed by atoms with Crippen LogP contribution in [0.1, 0.15) is 12.1 Å². The van der Waals surface area contributed by atoms with E-state index in [1.807, 2.05) is 18.2 Å². The summed E-state index contributed by atoms with van der Waals surface area (Å²) in [5.41, 5.74) is 1.69. The zero-order valence-corrected chi connectivity index (χ0v) is 11.8. The molecule has 0 saturated heterocycles. The number of para-hydroxylation sites is 1. The van der Waals surface area contributed by atoms with E-state index in [1.54, 1.807) is 24.4 Å². The van der Waals surface area contributed by atoms with Crippen LogP contribution < -0.4 is 5.01 Å². The topological polar surface area (TPSA) is 45.6 Å². The average molecular weight is 306 g/mol. The van der Waals surface area contributed by atoms with Crippen LogP contribution in [0, 0.1) is 0 Å². The summed E-state index contributed by atoms with van der Waals surface area (Å²) in [7, 11) is 0. The molecule has 0 fully saturated rings. The molecule has 0 bridgehead atoms. The average Bonchev–Trinajstić information content (AvgIpc) is 2.82. The summed E-state index contributed by atoms with van der Waals surface area (Å²) in [4.78, 5) is 16.3. The monoisotopic (exact) mass is 305 g/mol. The minimum Gasteiger partial charge on any atom is -0.272 e. The molecule has 0 N–H and O–H groups in total. The summed E-state index contributed by atoms with van der Waals surface area (Å²) in [5, 5.41) is 6.32. The second kappa shape index (κ2) is 5.23. The van der Waals surface area contributed by atoms with E-state index in [0.29, 0.717) is 27.1 Å². The lowest BCUT2D eigenvalue weighted by molar-refractivity contribution is -0.116. The highest BCUT2D eigenvalue weighted by molar-refractivity contribution is 6.40. The number of halogens is 2. The van der Waals surface area contributed by atoms with Crippen molar-refractivity contribution in [3.63, 3.8) is 0 Å². The maximum Gasteiger partial charge on any atom is 0.253 e. The van der Waals surface area contributed by atoms with Crippen LogP contribution in [0.5, 0.6) is 0 Å². The van der Waals surface area contributed by atoms with E-state index in [1.165, 1.54) is 5.01 Å². The Kier molecular flexibility index (Phi) is 3.42. The first-order valence-electron chi connectivity index (χ1n) is 5.92. The SMILES string of the molecule is O=C1CC(c2ccccn2)=NN1c1c(Cl)cccc1Cl. The van der Waals surface area contributed by atoms with Gasteiger partial charge in [-0.2, -0.15) is 10.1 Å². The molecule has 1 aromatic carbocycles. The van der Waals surface area contributed by atoms with Crippen LogP contribution in [0.15, 0.2) is 47.7 Å². The fraction of sp³-hybridized carbons (Fsp3) is 0.0714. The molecule has 100 valence electrons. The quantitative estimate of drug-likeness (QED) is 0.852. The molecule has 0 aliphatic carbocycles. The number of amides is 1. The third kappa shape index (κ3) is 2.28. The first-order chi connectivity index (χ1) is 9.66. The third-order valence-corrected chi connectivity index (χ3v) is 3.50. The highest BCUT2D eigenvalue weighted by Gasteiger charge is 2.29. The fourth-order valence-electron chi connectivity index (χ4n) is 1.97. The third-order valence-electron chi connectivity index (χ3n) is 2.89. The minimum atomic E-state index is -0.180. The van der Waals surface area contributed by atoms with Crippen LogP contribution in [-0.4, -0.2) is 16.6 Å². The van der Waals surface area contributed by atoms with Crippen LogP contribution in [0.2, 0.25) is 10.0 Å². The molecule has 3 rings (SSSR count). The van der Waals surface area contributed by atoms with Crippen molar-refractivity contribution < 1.29 is 4.79 Å². The molecule has 1 aromatic heterocycles. The molecule has 2 aromatic rings. The molecule has 0 unspecified atom stereocenters. The number of nitrogens with zero attached hydrogens (tertiary/aromatic N) is 3. The predicted octanol–water partition coefficient (Wildman–Crippen LogP) is 3.53. The minimum absolute atomic E-state index is 0.179. The number of benzene rings is 1. The molecule has 0 saturated carbocycles. The van der Waals surface area contributed by atoms with Gasteiger partial charge in [-0.15, -0.1) is 0 Å². The molecule has 2 heterocycles. The molecule has 4 nitrogen and oxygen atoms in total. The summed E-state index contributed by atoms with van der Waals surface area (Å²) in [5.74, 6) is -0.180. The molecular formula is C14H9Cl2N3O. The molecule has 6 heteroatoms. The normalized spacial score (nSPS) is 14.6. The van der Waals surface area contributed by atoms with Gasteiger partial charge in [-0.05, 0) is 24.3 Å². The van der Waals surface area contributed by atoms with Gasteiger partial charge >= 0.3 is 0 Å². The zero-order valence-electron chi connectivity index (χ0n) is 10.3. The van der Waals surface area contributed by atoms with Gasteiger partial charge < -0.3 is 0 Å². The first kappa shape index (κ1) is 13.1. The number of carbonyl (C=O) groups is 1. The lowest BCUT2D eigenvalue weighted by Gasteiger charge is -2.14. The van der Waals surface area contributed by atoms with Crippen LogP contribution in [0.25, 0.3) is 0 Å². The van der Waals surface area contributed by atoms with Crippen LogP contribution >= 0.6 is 23.2 Å². The Morgan fingerprint density at radius 1 is 1.05 bits per heavy atom. The number of pyridine rings is 1. The Labute approximate surface area is 125 Å². The van der Waals surface area contributed by atoms with E-state index in [0.717, 1.165) is 0 Å². The lowest BCUT2D eigenvalue weighted by Crippen LogP contribution is -2.20. The van der Waals surface area contributed by atoms with Gasteiger partial charge in [-0.3, -0.25) is 9.78 Å². The number of hydrogen-bond donors (Lipinski definition) is 0. The Hall–Kier alpha value is -1.91. The molecule has 1 amide bonds. The predicted molar refractivity (Wildman–Crippen MR) is 79.3 cm³/mol. The van der Waals surface area contributed by atoms with E-state index in [2.05, 4.69) is 10.1 Å². The molecular weight excluding hydrogens is 297 g/mol. The van der Waals surface area contributed by atoms with Gasteiger partial charge in [0.25, 0.3) is 5.91 Å². The van der Waals surface area contributed by atoms with Crippen molar-refractivity contribution in [3.05, 3.63) is 58.3 Å². The highest BCUT2D eigenvalue weighted by Crippen LogP contribution is 2.36. The van der Waals surface area contributed by atoms with Gasteiger partial charge in [0.1, 0.15) is 5.69 Å². The van der Waals surface area contributed by atoms with E-state index in [4.69, 9.17) is 23.2 Å². The van der Waals surface area contributed by atoms with Gasteiger partial charge in [0.15, 0.2) is 0 Å². The maximum atomic E-state index is 12.1. The summed E-state index contributed by atoms with van der Waals surface area (Å²) in [6.07, 6.45) is 1.84. The van der Waals surface area contributed by atoms with Gasteiger partial charge in [0.2, 0.25) is 0 Å². The van der Waals surface area contributed by atoms with Crippen LogP contribution in [-0.2, 0) is 4.79 Å². The molecule has 0 spiro atoms. The second-order valence-electron chi connectivity index (χ2n) is 4.21. The van der Waals surface area contributed by atoms with E-state index in [9.17, 15) is 4.79 Å². The summed E-state index contributed by atoms with van der Waals surface area (Å²) in [6.45, 7) is 0. The van der Waals surface area contributed by atoms with E-state index in [-0.39, 0.29) is 12.3 Å². The molecule has 1 aliphatic heterocycles. The number of aromatic nitrogens is 1. The molecule has 0 atom stereocenters. The van der Waals surface area contributed by atoms with Crippen LogP contribution in [0.4, 0.5) is 5.69 Å². The van der Waals surface area contributed by atoms with E-state index < -0.39 is 0 Å². The van der Waals surface area contributed by atoms with E-state index >= 15 is 0 Å². The molecule has 20 heavy (non-hydrogen) atoms. The van der Waals surface area contributed by atoms with Gasteiger partial charge in [-0.25, -0.2) is 0 Å². The van der Waals surface area contributed by atoms with Crippen molar-refractivity contribution in [1.29, 1.82) is 0 Å². The Morgan fingerprint density at radius 3 is 2.45 bits per heavy atom. The smallest absolute Gasteiger partial charge is 0.253 e. The van der Waals surface area contributed by atoms with Crippen molar-refractivity contribution in [2.45, 2.75) is 6.42 Å². The summed E-state index contributed by atoms with van der Waals surface area (Å²) in [6, 6.07) is 10.5. The number of hydrazone groups is 1. The van der Waals surface area contributed by atoms with Gasteiger partial charge in [0.05, 0.1) is 27.9 Å².